The van der Waals surface area contributed by atoms with Gasteiger partial charge >= 0.3 is 0 Å². The molecule has 1 nitrogen and oxygen atoms in total. The van der Waals surface area contributed by atoms with E-state index in [-0.39, 0.29) is 5.56 Å². The lowest BCUT2D eigenvalue weighted by Gasteiger charge is -2.05. The summed E-state index contributed by atoms with van der Waals surface area (Å²) in [6.45, 7) is 2.17. The van der Waals surface area contributed by atoms with Crippen molar-refractivity contribution in [1.29, 1.82) is 0 Å². The van der Waals surface area contributed by atoms with Gasteiger partial charge in [-0.3, -0.25) is 4.79 Å². The van der Waals surface area contributed by atoms with Crippen LogP contribution in [0.1, 0.15) is 35.7 Å². The van der Waals surface area contributed by atoms with Crippen LogP contribution in [0.5, 0.6) is 0 Å². The van der Waals surface area contributed by atoms with E-state index < -0.39 is 5.82 Å². The lowest BCUT2D eigenvalue weighted by Crippen LogP contribution is -1.89. The van der Waals surface area contributed by atoms with Gasteiger partial charge in [-0.15, -0.1) is 0 Å². The lowest BCUT2D eigenvalue weighted by atomic mass is 10.0. The number of carbonyl (C=O) groups excluding carboxylic acids is 1. The van der Waals surface area contributed by atoms with Gasteiger partial charge in [-0.2, -0.15) is 0 Å². The summed E-state index contributed by atoms with van der Waals surface area (Å²) >= 11 is 0. The maximum absolute atomic E-state index is 13.3. The molecule has 0 fully saturated rings. The summed E-state index contributed by atoms with van der Waals surface area (Å²) in [7, 11) is 0. The number of benzene rings is 2. The van der Waals surface area contributed by atoms with Gasteiger partial charge in [-0.25, -0.2) is 4.39 Å². The molecule has 0 saturated carbocycles. The van der Waals surface area contributed by atoms with Gasteiger partial charge < -0.3 is 0 Å². The topological polar surface area (TPSA) is 17.1 Å². The molecule has 0 saturated heterocycles. The van der Waals surface area contributed by atoms with E-state index in [4.69, 9.17) is 0 Å². The average molecular weight is 256 g/mol. The van der Waals surface area contributed by atoms with Crippen molar-refractivity contribution in [2.24, 2.45) is 0 Å². The molecule has 0 aromatic heterocycles. The summed E-state index contributed by atoms with van der Waals surface area (Å²) in [5, 5.41) is 0. The molecule has 0 N–H and O–H groups in total. The maximum atomic E-state index is 13.3. The second-order valence-electron chi connectivity index (χ2n) is 4.65. The highest BCUT2D eigenvalue weighted by atomic mass is 19.1. The van der Waals surface area contributed by atoms with E-state index in [9.17, 15) is 9.18 Å². The quantitative estimate of drug-likeness (QED) is 0.712. The zero-order valence-corrected chi connectivity index (χ0v) is 11.0. The molecule has 2 heteroatoms. The molecule has 2 aromatic carbocycles. The number of hydrogen-bond donors (Lipinski definition) is 0. The van der Waals surface area contributed by atoms with Crippen molar-refractivity contribution in [3.8, 4) is 11.1 Å². The third kappa shape index (κ3) is 3.28. The van der Waals surface area contributed by atoms with Crippen LogP contribution in [0.3, 0.4) is 0 Å². The molecule has 2 aromatic rings. The van der Waals surface area contributed by atoms with Crippen LogP contribution in [-0.4, -0.2) is 6.29 Å². The van der Waals surface area contributed by atoms with Crippen LogP contribution < -0.4 is 0 Å². The minimum absolute atomic E-state index is 0.104. The molecule has 0 spiro atoms. The molecule has 0 heterocycles. The van der Waals surface area contributed by atoms with Gasteiger partial charge in [0.1, 0.15) is 5.82 Å². The average Bonchev–Trinajstić information content (AvgIpc) is 2.46. The van der Waals surface area contributed by atoms with Crippen LogP contribution in [-0.2, 0) is 6.42 Å². The number of halogens is 1. The highest BCUT2D eigenvalue weighted by Crippen LogP contribution is 2.22. The first-order chi connectivity index (χ1) is 9.24. The molecule has 0 aliphatic rings. The fourth-order valence-corrected chi connectivity index (χ4v) is 2.06. The summed E-state index contributed by atoms with van der Waals surface area (Å²) in [4.78, 5) is 10.7. The monoisotopic (exact) mass is 256 g/mol. The van der Waals surface area contributed by atoms with Crippen molar-refractivity contribution in [2.75, 3.05) is 0 Å². The summed E-state index contributed by atoms with van der Waals surface area (Å²) in [5.41, 5.74) is 3.28. The second-order valence-corrected chi connectivity index (χ2v) is 4.65. The van der Waals surface area contributed by atoms with E-state index in [1.165, 1.54) is 24.5 Å². The van der Waals surface area contributed by atoms with Gasteiger partial charge in [0.05, 0.1) is 5.56 Å². The number of hydrogen-bond acceptors (Lipinski definition) is 1. The zero-order valence-electron chi connectivity index (χ0n) is 11.0. The predicted molar refractivity (Wildman–Crippen MR) is 75.8 cm³/mol. The SMILES string of the molecule is CCCCc1ccc(-c2ccc(F)c(C=O)c2)cc1. The van der Waals surface area contributed by atoms with Crippen molar-refractivity contribution < 1.29 is 9.18 Å². The first-order valence-corrected chi connectivity index (χ1v) is 6.58. The molecule has 98 valence electrons. The third-order valence-electron chi connectivity index (χ3n) is 3.23. The van der Waals surface area contributed by atoms with Crippen molar-refractivity contribution in [3.05, 3.63) is 59.4 Å². The van der Waals surface area contributed by atoms with Gasteiger partial charge in [0, 0.05) is 0 Å². The minimum atomic E-state index is -0.474. The smallest absolute Gasteiger partial charge is 0.153 e. The Morgan fingerprint density at radius 1 is 1.05 bits per heavy atom. The molecule has 0 aliphatic carbocycles. The molecule has 0 atom stereocenters. The third-order valence-corrected chi connectivity index (χ3v) is 3.23. The Kier molecular flexibility index (Phi) is 4.45. The van der Waals surface area contributed by atoms with Crippen molar-refractivity contribution in [3.63, 3.8) is 0 Å². The molecule has 2 rings (SSSR count). The number of aryl methyl sites for hydroxylation is 1. The Labute approximate surface area is 113 Å². The van der Waals surface area contributed by atoms with Crippen molar-refractivity contribution in [1.82, 2.24) is 0 Å². The van der Waals surface area contributed by atoms with Crippen LogP contribution in [0.25, 0.3) is 11.1 Å². The van der Waals surface area contributed by atoms with Gasteiger partial charge in [0.25, 0.3) is 0 Å². The van der Waals surface area contributed by atoms with E-state index in [1.807, 2.05) is 12.1 Å². The predicted octanol–water partition coefficient (Wildman–Crippen LogP) is 4.65. The number of carbonyl (C=O) groups is 1. The van der Waals surface area contributed by atoms with E-state index in [2.05, 4.69) is 19.1 Å². The Balaban J connectivity index is 2.24. The highest BCUT2D eigenvalue weighted by molar-refractivity contribution is 5.79. The Morgan fingerprint density at radius 3 is 2.37 bits per heavy atom. The molecule has 0 amide bonds. The number of rotatable bonds is 5. The Hall–Kier alpha value is -1.96. The minimum Gasteiger partial charge on any atom is -0.298 e. The van der Waals surface area contributed by atoms with Gasteiger partial charge in [0.15, 0.2) is 6.29 Å². The van der Waals surface area contributed by atoms with E-state index >= 15 is 0 Å². The van der Waals surface area contributed by atoms with Crippen LogP contribution in [0.2, 0.25) is 0 Å². The summed E-state index contributed by atoms with van der Waals surface area (Å²) in [6.07, 6.45) is 4.00. The first-order valence-electron chi connectivity index (χ1n) is 6.58. The van der Waals surface area contributed by atoms with Gasteiger partial charge in [-0.1, -0.05) is 43.7 Å². The fraction of sp³-hybridized carbons (Fsp3) is 0.235. The van der Waals surface area contributed by atoms with E-state index in [1.54, 1.807) is 12.1 Å². The molecule has 0 unspecified atom stereocenters. The van der Waals surface area contributed by atoms with Crippen molar-refractivity contribution >= 4 is 6.29 Å². The van der Waals surface area contributed by atoms with Crippen LogP contribution in [0.15, 0.2) is 42.5 Å². The molecular weight excluding hydrogens is 239 g/mol. The highest BCUT2D eigenvalue weighted by Gasteiger charge is 2.04. The molecule has 0 aliphatic heterocycles. The van der Waals surface area contributed by atoms with Crippen LogP contribution >= 0.6 is 0 Å². The zero-order chi connectivity index (χ0) is 13.7. The molecule has 0 bridgehead atoms. The summed E-state index contributed by atoms with van der Waals surface area (Å²) in [6, 6.07) is 12.8. The van der Waals surface area contributed by atoms with Crippen LogP contribution in [0, 0.1) is 5.82 Å². The normalized spacial score (nSPS) is 10.4. The molecule has 19 heavy (non-hydrogen) atoms. The molecular formula is C17H17FO. The summed E-state index contributed by atoms with van der Waals surface area (Å²) in [5.74, 6) is -0.474. The summed E-state index contributed by atoms with van der Waals surface area (Å²) < 4.78 is 13.3. The number of aldehydes is 1. The van der Waals surface area contributed by atoms with Gasteiger partial charge in [-0.05, 0) is 41.7 Å². The van der Waals surface area contributed by atoms with Gasteiger partial charge in [0.2, 0.25) is 0 Å². The second kappa shape index (κ2) is 6.28. The maximum Gasteiger partial charge on any atom is 0.153 e. The standard InChI is InChI=1S/C17H17FO/c1-2-3-4-13-5-7-14(8-6-13)15-9-10-17(18)16(11-15)12-19/h5-12H,2-4H2,1H3. The Morgan fingerprint density at radius 2 is 1.74 bits per heavy atom. The van der Waals surface area contributed by atoms with E-state index in [0.717, 1.165) is 17.5 Å². The lowest BCUT2D eigenvalue weighted by molar-refractivity contribution is 0.112. The Bertz CT molecular complexity index is 558. The van der Waals surface area contributed by atoms with E-state index in [0.29, 0.717) is 6.29 Å². The van der Waals surface area contributed by atoms with Crippen molar-refractivity contribution in [2.45, 2.75) is 26.2 Å². The first kappa shape index (κ1) is 13.5. The van der Waals surface area contributed by atoms with Crippen LogP contribution in [0.4, 0.5) is 4.39 Å². The number of unbranched alkanes of at least 4 members (excludes halogenated alkanes) is 1. The largest absolute Gasteiger partial charge is 0.298 e. The molecule has 0 radical (unpaired) electrons. The fourth-order valence-electron chi connectivity index (χ4n) is 2.06.